The molecular weight excluding hydrogens is 168 g/mol. The first kappa shape index (κ1) is 10.4. The van der Waals surface area contributed by atoms with Gasteiger partial charge in [0.1, 0.15) is 11.3 Å². The molecule has 1 rings (SSSR count). The van der Waals surface area contributed by atoms with Crippen LogP contribution in [0.2, 0.25) is 0 Å². The molecule has 0 aromatic carbocycles. The fourth-order valence-electron chi connectivity index (χ4n) is 1.19. The van der Waals surface area contributed by atoms with Crippen molar-refractivity contribution in [1.29, 1.82) is 0 Å². The standard InChI is InChI=1S/C8H16N4O/c1-13-5-6-4-7(9,10)2-3-8(6,11)12/h2-4H,5,9-12H2,1H3. The average Bonchev–Trinajstić information content (AvgIpc) is 1.99. The van der Waals surface area contributed by atoms with E-state index in [0.717, 1.165) is 0 Å². The molecule has 0 aromatic heterocycles. The van der Waals surface area contributed by atoms with Crippen molar-refractivity contribution in [3.8, 4) is 0 Å². The highest BCUT2D eigenvalue weighted by Crippen LogP contribution is 2.19. The topological polar surface area (TPSA) is 113 Å². The lowest BCUT2D eigenvalue weighted by Gasteiger charge is -2.32. The van der Waals surface area contributed by atoms with E-state index in [2.05, 4.69) is 0 Å². The minimum absolute atomic E-state index is 0.327. The third-order valence-electron chi connectivity index (χ3n) is 1.93. The van der Waals surface area contributed by atoms with Crippen molar-refractivity contribution in [2.75, 3.05) is 13.7 Å². The van der Waals surface area contributed by atoms with Crippen molar-refractivity contribution in [1.82, 2.24) is 0 Å². The first-order valence-electron chi connectivity index (χ1n) is 3.94. The van der Waals surface area contributed by atoms with E-state index in [1.54, 1.807) is 25.3 Å². The Labute approximate surface area is 77.4 Å². The highest BCUT2D eigenvalue weighted by molar-refractivity contribution is 5.37. The first-order valence-corrected chi connectivity index (χ1v) is 3.94. The van der Waals surface area contributed by atoms with Crippen molar-refractivity contribution in [2.24, 2.45) is 22.9 Å². The summed E-state index contributed by atoms with van der Waals surface area (Å²) < 4.78 is 4.94. The van der Waals surface area contributed by atoms with Crippen molar-refractivity contribution >= 4 is 0 Å². The molecule has 5 nitrogen and oxygen atoms in total. The highest BCUT2D eigenvalue weighted by Gasteiger charge is 2.29. The number of methoxy groups -OCH3 is 1. The Hall–Kier alpha value is -0.720. The zero-order chi connectivity index (χ0) is 10.1. The summed E-state index contributed by atoms with van der Waals surface area (Å²) in [6.45, 7) is 0.327. The highest BCUT2D eigenvalue weighted by atomic mass is 16.5. The number of hydrogen-bond donors (Lipinski definition) is 4. The second kappa shape index (κ2) is 3.21. The Kier molecular flexibility index (Phi) is 2.56. The molecule has 74 valence electrons. The van der Waals surface area contributed by atoms with Crippen molar-refractivity contribution in [2.45, 2.75) is 11.3 Å². The Morgan fingerprint density at radius 1 is 1.23 bits per heavy atom. The van der Waals surface area contributed by atoms with Gasteiger partial charge in [0.2, 0.25) is 0 Å². The SMILES string of the molecule is COCC1=CC(N)(N)C=CC1(N)N. The van der Waals surface area contributed by atoms with Gasteiger partial charge < -0.3 is 27.7 Å². The molecule has 0 fully saturated rings. The predicted octanol–water partition coefficient (Wildman–Crippen LogP) is -1.64. The van der Waals surface area contributed by atoms with Crippen LogP contribution in [0.3, 0.4) is 0 Å². The minimum Gasteiger partial charge on any atom is -0.380 e. The molecular formula is C8H16N4O. The van der Waals surface area contributed by atoms with Crippen LogP contribution in [0, 0.1) is 0 Å². The molecule has 13 heavy (non-hydrogen) atoms. The summed E-state index contributed by atoms with van der Waals surface area (Å²) in [7, 11) is 1.56. The van der Waals surface area contributed by atoms with Crippen LogP contribution in [0.5, 0.6) is 0 Å². The fraction of sp³-hybridized carbons (Fsp3) is 0.500. The quantitative estimate of drug-likeness (QED) is 0.303. The van der Waals surface area contributed by atoms with Crippen LogP contribution in [0.4, 0.5) is 0 Å². The lowest BCUT2D eigenvalue weighted by molar-refractivity contribution is 0.214. The van der Waals surface area contributed by atoms with E-state index in [0.29, 0.717) is 12.2 Å². The first-order chi connectivity index (χ1) is 5.87. The second-order valence-corrected chi connectivity index (χ2v) is 3.37. The molecule has 0 radical (unpaired) electrons. The van der Waals surface area contributed by atoms with Gasteiger partial charge in [-0.05, 0) is 23.8 Å². The van der Waals surface area contributed by atoms with Crippen LogP contribution in [-0.4, -0.2) is 25.0 Å². The normalized spacial score (nSPS) is 24.2. The van der Waals surface area contributed by atoms with Gasteiger partial charge in [0.25, 0.3) is 0 Å². The maximum Gasteiger partial charge on any atom is 0.108 e. The Morgan fingerprint density at radius 3 is 2.38 bits per heavy atom. The van der Waals surface area contributed by atoms with Crippen LogP contribution in [0.25, 0.3) is 0 Å². The van der Waals surface area contributed by atoms with Gasteiger partial charge in [-0.15, -0.1) is 0 Å². The smallest absolute Gasteiger partial charge is 0.108 e. The molecule has 0 bridgehead atoms. The molecule has 0 unspecified atom stereocenters. The van der Waals surface area contributed by atoms with E-state index in [9.17, 15) is 0 Å². The van der Waals surface area contributed by atoms with E-state index in [4.69, 9.17) is 27.7 Å². The number of rotatable bonds is 2. The van der Waals surface area contributed by atoms with E-state index in [1.807, 2.05) is 0 Å². The lowest BCUT2D eigenvalue weighted by atomic mass is 9.90. The molecule has 0 aliphatic heterocycles. The Morgan fingerprint density at radius 2 is 1.85 bits per heavy atom. The van der Waals surface area contributed by atoms with Crippen LogP contribution in [-0.2, 0) is 4.74 Å². The van der Waals surface area contributed by atoms with Crippen molar-refractivity contribution in [3.63, 3.8) is 0 Å². The maximum atomic E-state index is 5.76. The van der Waals surface area contributed by atoms with Gasteiger partial charge in [0.15, 0.2) is 0 Å². The number of hydrogen-bond acceptors (Lipinski definition) is 5. The molecule has 8 N–H and O–H groups in total. The lowest BCUT2D eigenvalue weighted by Crippen LogP contribution is -2.57. The Bertz CT molecular complexity index is 255. The molecule has 0 saturated heterocycles. The van der Waals surface area contributed by atoms with E-state index < -0.39 is 11.3 Å². The van der Waals surface area contributed by atoms with Crippen molar-refractivity contribution in [3.05, 3.63) is 23.8 Å². The summed E-state index contributed by atoms with van der Waals surface area (Å²) in [5.41, 5.74) is 21.6. The summed E-state index contributed by atoms with van der Waals surface area (Å²) in [5.74, 6) is 0. The molecule has 1 aliphatic rings. The largest absolute Gasteiger partial charge is 0.380 e. The summed E-state index contributed by atoms with van der Waals surface area (Å²) in [6.07, 6.45) is 4.78. The fourth-order valence-corrected chi connectivity index (χ4v) is 1.19. The van der Waals surface area contributed by atoms with Crippen LogP contribution in [0.1, 0.15) is 0 Å². The summed E-state index contributed by atoms with van der Waals surface area (Å²) >= 11 is 0. The van der Waals surface area contributed by atoms with Crippen LogP contribution in [0.15, 0.2) is 23.8 Å². The molecule has 0 spiro atoms. The molecule has 5 heteroatoms. The molecule has 1 aliphatic carbocycles. The predicted molar refractivity (Wildman–Crippen MR) is 51.3 cm³/mol. The Balaban J connectivity index is 2.92. The molecule has 0 heterocycles. The zero-order valence-electron chi connectivity index (χ0n) is 7.66. The molecule has 0 saturated carbocycles. The van der Waals surface area contributed by atoms with Gasteiger partial charge in [-0.2, -0.15) is 0 Å². The second-order valence-electron chi connectivity index (χ2n) is 3.37. The molecule has 0 atom stereocenters. The number of nitrogens with two attached hydrogens (primary N) is 4. The van der Waals surface area contributed by atoms with E-state index in [-0.39, 0.29) is 0 Å². The maximum absolute atomic E-state index is 5.76. The molecule has 0 amide bonds. The van der Waals surface area contributed by atoms with Crippen molar-refractivity contribution < 1.29 is 4.74 Å². The zero-order valence-corrected chi connectivity index (χ0v) is 7.66. The van der Waals surface area contributed by atoms with Gasteiger partial charge in [-0.1, -0.05) is 0 Å². The molecule has 0 aromatic rings. The third kappa shape index (κ3) is 2.36. The summed E-state index contributed by atoms with van der Waals surface area (Å²) in [6, 6.07) is 0. The minimum atomic E-state index is -1.00. The van der Waals surface area contributed by atoms with E-state index in [1.165, 1.54) is 0 Å². The van der Waals surface area contributed by atoms with Gasteiger partial charge in [-0.3, -0.25) is 0 Å². The van der Waals surface area contributed by atoms with E-state index >= 15 is 0 Å². The monoisotopic (exact) mass is 184 g/mol. The van der Waals surface area contributed by atoms with Gasteiger partial charge >= 0.3 is 0 Å². The van der Waals surface area contributed by atoms with Gasteiger partial charge in [0.05, 0.1) is 6.61 Å². The van der Waals surface area contributed by atoms with Gasteiger partial charge in [0, 0.05) is 7.11 Å². The summed E-state index contributed by atoms with van der Waals surface area (Å²) in [5, 5.41) is 0. The van der Waals surface area contributed by atoms with Crippen LogP contribution >= 0.6 is 0 Å². The average molecular weight is 184 g/mol. The summed E-state index contributed by atoms with van der Waals surface area (Å²) in [4.78, 5) is 0. The van der Waals surface area contributed by atoms with Gasteiger partial charge in [-0.25, -0.2) is 0 Å². The number of ether oxygens (including phenoxy) is 1. The van der Waals surface area contributed by atoms with Crippen LogP contribution < -0.4 is 22.9 Å². The third-order valence-corrected chi connectivity index (χ3v) is 1.93.